The Kier molecular flexibility index (Phi) is 5.30. The maximum atomic E-state index is 12.9. The molecule has 0 rings (SSSR count). The van der Waals surface area contributed by atoms with E-state index in [1.807, 2.05) is 0 Å². The van der Waals surface area contributed by atoms with Crippen LogP contribution >= 0.6 is 0 Å². The number of ether oxygens (including phenoxy) is 2. The number of alkyl halides is 2. The summed E-state index contributed by atoms with van der Waals surface area (Å²) in [5.74, 6) is -5.15. The van der Waals surface area contributed by atoms with E-state index in [4.69, 9.17) is 0 Å². The summed E-state index contributed by atoms with van der Waals surface area (Å²) in [6, 6.07) is 0. The quantitative estimate of drug-likeness (QED) is 0.493. The van der Waals surface area contributed by atoms with E-state index < -0.39 is 24.6 Å². The minimum absolute atomic E-state index is 0.0779. The van der Waals surface area contributed by atoms with Crippen LogP contribution in [0.1, 0.15) is 13.8 Å². The van der Waals surface area contributed by atoms with Gasteiger partial charge in [0.1, 0.15) is 6.61 Å². The number of hydrogen-bond acceptors (Lipinski definition) is 3. The third kappa shape index (κ3) is 4.32. The zero-order chi connectivity index (χ0) is 11.2. The fraction of sp³-hybridized carbons (Fsp3) is 0.667. The molecule has 0 bridgehead atoms. The molecule has 0 aliphatic carbocycles. The van der Waals surface area contributed by atoms with Crippen LogP contribution in [0, 0.1) is 0 Å². The first kappa shape index (κ1) is 13.0. The lowest BCUT2D eigenvalue weighted by Gasteiger charge is -2.16. The second-order valence-corrected chi connectivity index (χ2v) is 2.68. The smallest absolute Gasteiger partial charge is 0.379 e. The normalized spacial score (nSPS) is 13.4. The molecule has 0 aliphatic heterocycles. The average molecular weight is 208 g/mol. The van der Waals surface area contributed by atoms with Gasteiger partial charge >= 0.3 is 11.9 Å². The lowest BCUT2D eigenvalue weighted by molar-refractivity contribution is -0.181. The fourth-order valence-electron chi connectivity index (χ4n) is 0.600. The lowest BCUT2D eigenvalue weighted by Crippen LogP contribution is -2.36. The van der Waals surface area contributed by atoms with Gasteiger partial charge in [0.15, 0.2) is 0 Å². The van der Waals surface area contributed by atoms with Crippen LogP contribution in [-0.2, 0) is 14.3 Å². The fourth-order valence-corrected chi connectivity index (χ4v) is 0.600. The van der Waals surface area contributed by atoms with Crippen LogP contribution in [0.2, 0.25) is 0 Å². The van der Waals surface area contributed by atoms with Crippen molar-refractivity contribution in [2.75, 3.05) is 13.2 Å². The molecule has 1 atom stereocenters. The minimum Gasteiger partial charge on any atom is -0.461 e. The zero-order valence-electron chi connectivity index (χ0n) is 8.26. The van der Waals surface area contributed by atoms with Crippen LogP contribution in [0.25, 0.3) is 0 Å². The summed E-state index contributed by atoms with van der Waals surface area (Å²) >= 11 is 0. The average Bonchev–Trinajstić information content (AvgIpc) is 2.14. The number of halogens is 2. The Morgan fingerprint density at radius 1 is 1.64 bits per heavy atom. The summed E-state index contributed by atoms with van der Waals surface area (Å²) in [5.41, 5.74) is 0. The first-order valence-electron chi connectivity index (χ1n) is 4.23. The van der Waals surface area contributed by atoms with Gasteiger partial charge in [-0.25, -0.2) is 4.79 Å². The maximum Gasteiger partial charge on any atom is 0.379 e. The van der Waals surface area contributed by atoms with Crippen molar-refractivity contribution >= 4 is 5.97 Å². The molecule has 14 heavy (non-hydrogen) atoms. The van der Waals surface area contributed by atoms with Crippen molar-refractivity contribution in [2.45, 2.75) is 25.9 Å². The van der Waals surface area contributed by atoms with Crippen molar-refractivity contribution in [1.82, 2.24) is 0 Å². The molecule has 0 spiro atoms. The van der Waals surface area contributed by atoms with E-state index in [1.54, 1.807) is 6.92 Å². The molecular weight excluding hydrogens is 194 g/mol. The van der Waals surface area contributed by atoms with Crippen LogP contribution in [0.3, 0.4) is 0 Å². The molecule has 0 radical (unpaired) electrons. The maximum absolute atomic E-state index is 12.9. The SMILES string of the molecule is C=CC(C)OCC(F)(F)C(=O)OCC. The topological polar surface area (TPSA) is 35.5 Å². The van der Waals surface area contributed by atoms with Crippen molar-refractivity contribution < 1.29 is 23.0 Å². The monoisotopic (exact) mass is 208 g/mol. The van der Waals surface area contributed by atoms with Crippen molar-refractivity contribution in [3.8, 4) is 0 Å². The minimum atomic E-state index is -3.59. The summed E-state index contributed by atoms with van der Waals surface area (Å²) in [6.07, 6.45) is 0.844. The predicted octanol–water partition coefficient (Wildman–Crippen LogP) is 1.78. The highest BCUT2D eigenvalue weighted by Crippen LogP contribution is 2.16. The van der Waals surface area contributed by atoms with Crippen LogP contribution < -0.4 is 0 Å². The van der Waals surface area contributed by atoms with Crippen molar-refractivity contribution in [1.29, 1.82) is 0 Å². The molecule has 3 nitrogen and oxygen atoms in total. The molecule has 0 saturated carbocycles. The summed E-state index contributed by atoms with van der Waals surface area (Å²) in [6.45, 7) is 5.30. The van der Waals surface area contributed by atoms with Crippen molar-refractivity contribution in [2.24, 2.45) is 0 Å². The predicted molar refractivity (Wildman–Crippen MR) is 47.2 cm³/mol. The molecule has 1 unspecified atom stereocenters. The van der Waals surface area contributed by atoms with Crippen LogP contribution in [-0.4, -0.2) is 31.2 Å². The first-order chi connectivity index (χ1) is 6.44. The van der Waals surface area contributed by atoms with Gasteiger partial charge in [-0.1, -0.05) is 6.08 Å². The molecular formula is C9H14F2O3. The van der Waals surface area contributed by atoms with E-state index in [2.05, 4.69) is 16.1 Å². The lowest BCUT2D eigenvalue weighted by atomic mass is 10.3. The van der Waals surface area contributed by atoms with Crippen LogP contribution in [0.15, 0.2) is 12.7 Å². The second-order valence-electron chi connectivity index (χ2n) is 2.68. The van der Waals surface area contributed by atoms with E-state index in [0.29, 0.717) is 0 Å². The Bertz CT molecular complexity index is 204. The molecule has 82 valence electrons. The second kappa shape index (κ2) is 5.70. The van der Waals surface area contributed by atoms with Gasteiger partial charge in [-0.15, -0.1) is 6.58 Å². The zero-order valence-corrected chi connectivity index (χ0v) is 8.26. The van der Waals surface area contributed by atoms with E-state index in [9.17, 15) is 13.6 Å². The van der Waals surface area contributed by atoms with Gasteiger partial charge in [0.2, 0.25) is 0 Å². The number of rotatable bonds is 6. The molecule has 0 saturated heterocycles. The largest absolute Gasteiger partial charge is 0.461 e. The van der Waals surface area contributed by atoms with Gasteiger partial charge in [0.25, 0.3) is 0 Å². The Labute approximate surface area is 81.7 Å². The molecule has 0 aromatic carbocycles. The number of carbonyl (C=O) groups is 1. The molecule has 0 aliphatic rings. The molecule has 5 heteroatoms. The standard InChI is InChI=1S/C9H14F2O3/c1-4-7(3)14-6-9(10,11)8(12)13-5-2/h4,7H,1,5-6H2,2-3H3. The highest BCUT2D eigenvalue weighted by atomic mass is 19.3. The Morgan fingerprint density at radius 2 is 2.21 bits per heavy atom. The third-order valence-corrected chi connectivity index (χ3v) is 1.43. The Balaban J connectivity index is 4.05. The highest BCUT2D eigenvalue weighted by Gasteiger charge is 2.41. The van der Waals surface area contributed by atoms with E-state index in [0.717, 1.165) is 0 Å². The van der Waals surface area contributed by atoms with Gasteiger partial charge in [-0.2, -0.15) is 8.78 Å². The third-order valence-electron chi connectivity index (χ3n) is 1.43. The molecule has 0 aromatic heterocycles. The van der Waals surface area contributed by atoms with Crippen LogP contribution in [0.5, 0.6) is 0 Å². The van der Waals surface area contributed by atoms with E-state index in [-0.39, 0.29) is 6.61 Å². The van der Waals surface area contributed by atoms with Gasteiger partial charge in [0, 0.05) is 0 Å². The summed E-state index contributed by atoms with van der Waals surface area (Å²) in [7, 11) is 0. The van der Waals surface area contributed by atoms with Gasteiger partial charge in [0.05, 0.1) is 12.7 Å². The summed E-state index contributed by atoms with van der Waals surface area (Å²) in [4.78, 5) is 10.7. The Hall–Kier alpha value is -0.970. The van der Waals surface area contributed by atoms with Gasteiger partial charge in [-0.3, -0.25) is 0 Å². The van der Waals surface area contributed by atoms with Crippen molar-refractivity contribution in [3.05, 3.63) is 12.7 Å². The number of hydrogen-bond donors (Lipinski definition) is 0. The van der Waals surface area contributed by atoms with Crippen molar-refractivity contribution in [3.63, 3.8) is 0 Å². The van der Waals surface area contributed by atoms with E-state index in [1.165, 1.54) is 13.0 Å². The number of carbonyl (C=O) groups excluding carboxylic acids is 1. The molecule has 0 heterocycles. The molecule has 0 N–H and O–H groups in total. The van der Waals surface area contributed by atoms with Gasteiger partial charge < -0.3 is 9.47 Å². The van der Waals surface area contributed by atoms with Crippen LogP contribution in [0.4, 0.5) is 8.78 Å². The number of esters is 1. The molecule has 0 fully saturated rings. The highest BCUT2D eigenvalue weighted by molar-refractivity contribution is 5.77. The van der Waals surface area contributed by atoms with Gasteiger partial charge in [-0.05, 0) is 13.8 Å². The van der Waals surface area contributed by atoms with E-state index >= 15 is 0 Å². The molecule has 0 aromatic rings. The molecule has 0 amide bonds. The first-order valence-corrected chi connectivity index (χ1v) is 4.23. The summed E-state index contributed by atoms with van der Waals surface area (Å²) < 4.78 is 34.6. The summed E-state index contributed by atoms with van der Waals surface area (Å²) in [5, 5.41) is 0. The Morgan fingerprint density at radius 3 is 2.64 bits per heavy atom.